The molecule has 2 rings (SSSR count). The van der Waals surface area contributed by atoms with Crippen LogP contribution in [0.4, 0.5) is 0 Å². The van der Waals surface area contributed by atoms with Crippen molar-refractivity contribution in [2.24, 2.45) is 5.92 Å². The molecule has 0 amide bonds. The van der Waals surface area contributed by atoms with Gasteiger partial charge in [-0.25, -0.2) is 4.79 Å². The third kappa shape index (κ3) is 1.06. The standard InChI is InChI=1S/C12H16O2/c1-7-5-12(6-8(7)2)10(4)9(3)11(13)14-12/h8H,1,5-6H2,2-4H3/t8?,12-/m0/s1. The van der Waals surface area contributed by atoms with Crippen molar-refractivity contribution in [3.8, 4) is 0 Å². The van der Waals surface area contributed by atoms with E-state index in [1.807, 2.05) is 13.8 Å². The quantitative estimate of drug-likeness (QED) is 0.435. The summed E-state index contributed by atoms with van der Waals surface area (Å²) in [7, 11) is 0. The predicted octanol–water partition coefficient (Wildman–Crippen LogP) is 2.60. The molecule has 0 radical (unpaired) electrons. The van der Waals surface area contributed by atoms with Crippen LogP contribution >= 0.6 is 0 Å². The van der Waals surface area contributed by atoms with Crippen molar-refractivity contribution in [2.75, 3.05) is 0 Å². The minimum Gasteiger partial charge on any atom is -0.451 e. The third-order valence-electron chi connectivity index (χ3n) is 3.69. The van der Waals surface area contributed by atoms with Crippen molar-refractivity contribution in [1.82, 2.24) is 0 Å². The molecule has 0 aromatic rings. The molecule has 76 valence electrons. The van der Waals surface area contributed by atoms with Gasteiger partial charge in [0.25, 0.3) is 0 Å². The molecule has 1 saturated carbocycles. The molecular weight excluding hydrogens is 176 g/mol. The molecule has 0 saturated heterocycles. The summed E-state index contributed by atoms with van der Waals surface area (Å²) in [5.41, 5.74) is 2.75. The number of hydrogen-bond acceptors (Lipinski definition) is 2. The second-order valence-corrected chi connectivity index (χ2v) is 4.57. The molecule has 0 aromatic heterocycles. The highest BCUT2D eigenvalue weighted by atomic mass is 16.6. The van der Waals surface area contributed by atoms with E-state index < -0.39 is 0 Å². The summed E-state index contributed by atoms with van der Waals surface area (Å²) in [6.07, 6.45) is 1.71. The average Bonchev–Trinajstić information content (AvgIpc) is 2.49. The highest BCUT2D eigenvalue weighted by molar-refractivity contribution is 5.92. The zero-order valence-electron chi connectivity index (χ0n) is 9.02. The Kier molecular flexibility index (Phi) is 1.85. The largest absolute Gasteiger partial charge is 0.451 e. The Morgan fingerprint density at radius 3 is 2.50 bits per heavy atom. The van der Waals surface area contributed by atoms with E-state index in [2.05, 4.69) is 13.5 Å². The second kappa shape index (κ2) is 2.72. The van der Waals surface area contributed by atoms with Gasteiger partial charge in [0.05, 0.1) is 0 Å². The normalized spacial score (nSPS) is 37.2. The first kappa shape index (κ1) is 9.50. The fourth-order valence-corrected chi connectivity index (χ4v) is 2.44. The number of esters is 1. The summed E-state index contributed by atoms with van der Waals surface area (Å²) in [6, 6.07) is 0. The molecule has 1 spiro atoms. The van der Waals surface area contributed by atoms with Crippen LogP contribution < -0.4 is 0 Å². The SMILES string of the molecule is C=C1C[C@@]2(CC1C)OC(=O)C(C)=C2C. The van der Waals surface area contributed by atoms with Gasteiger partial charge in [0.2, 0.25) is 0 Å². The summed E-state index contributed by atoms with van der Waals surface area (Å²) in [6.45, 7) is 10.0. The molecule has 1 fully saturated rings. The molecule has 1 heterocycles. The summed E-state index contributed by atoms with van der Waals surface area (Å²) in [5, 5.41) is 0. The van der Waals surface area contributed by atoms with Crippen LogP contribution in [0, 0.1) is 5.92 Å². The monoisotopic (exact) mass is 192 g/mol. The van der Waals surface area contributed by atoms with Gasteiger partial charge in [0, 0.05) is 12.0 Å². The molecule has 1 aliphatic heterocycles. The Bertz CT molecular complexity index is 351. The van der Waals surface area contributed by atoms with E-state index in [0.29, 0.717) is 5.92 Å². The van der Waals surface area contributed by atoms with E-state index in [0.717, 1.165) is 24.0 Å². The Balaban J connectivity index is 2.38. The maximum atomic E-state index is 11.4. The molecule has 2 atom stereocenters. The fourth-order valence-electron chi connectivity index (χ4n) is 2.44. The van der Waals surface area contributed by atoms with Gasteiger partial charge in [0.1, 0.15) is 5.60 Å². The van der Waals surface area contributed by atoms with Gasteiger partial charge < -0.3 is 4.74 Å². The molecule has 1 aliphatic carbocycles. The molecule has 14 heavy (non-hydrogen) atoms. The van der Waals surface area contributed by atoms with Crippen molar-refractivity contribution >= 4 is 5.97 Å². The summed E-state index contributed by atoms with van der Waals surface area (Å²) < 4.78 is 5.50. The summed E-state index contributed by atoms with van der Waals surface area (Å²) >= 11 is 0. The third-order valence-corrected chi connectivity index (χ3v) is 3.69. The van der Waals surface area contributed by atoms with E-state index >= 15 is 0 Å². The lowest BCUT2D eigenvalue weighted by atomic mass is 9.91. The maximum absolute atomic E-state index is 11.4. The first-order valence-corrected chi connectivity index (χ1v) is 5.05. The van der Waals surface area contributed by atoms with Crippen molar-refractivity contribution in [1.29, 1.82) is 0 Å². The molecule has 0 N–H and O–H groups in total. The molecule has 1 unspecified atom stereocenters. The summed E-state index contributed by atoms with van der Waals surface area (Å²) in [4.78, 5) is 11.4. The molecule has 2 aliphatic rings. The smallest absolute Gasteiger partial charge is 0.334 e. The second-order valence-electron chi connectivity index (χ2n) is 4.57. The maximum Gasteiger partial charge on any atom is 0.334 e. The Hall–Kier alpha value is -1.05. The molecule has 2 nitrogen and oxygen atoms in total. The lowest BCUT2D eigenvalue weighted by Crippen LogP contribution is -2.27. The minimum absolute atomic E-state index is 0.149. The van der Waals surface area contributed by atoms with Crippen LogP contribution in [-0.2, 0) is 9.53 Å². The van der Waals surface area contributed by atoms with Crippen LogP contribution in [0.3, 0.4) is 0 Å². The number of carbonyl (C=O) groups is 1. The summed E-state index contributed by atoms with van der Waals surface area (Å²) in [5.74, 6) is 0.313. The van der Waals surface area contributed by atoms with Crippen LogP contribution in [0.1, 0.15) is 33.6 Å². The number of ether oxygens (including phenoxy) is 1. The van der Waals surface area contributed by atoms with Crippen LogP contribution in [0.15, 0.2) is 23.3 Å². The Morgan fingerprint density at radius 1 is 1.50 bits per heavy atom. The average molecular weight is 192 g/mol. The highest BCUT2D eigenvalue weighted by Gasteiger charge is 2.49. The lowest BCUT2D eigenvalue weighted by molar-refractivity contribution is -0.146. The minimum atomic E-state index is -0.336. The van der Waals surface area contributed by atoms with Crippen molar-refractivity contribution in [2.45, 2.75) is 39.2 Å². The highest BCUT2D eigenvalue weighted by Crippen LogP contribution is 2.48. The van der Waals surface area contributed by atoms with E-state index in [4.69, 9.17) is 4.74 Å². The topological polar surface area (TPSA) is 26.3 Å². The van der Waals surface area contributed by atoms with Crippen molar-refractivity contribution < 1.29 is 9.53 Å². The first-order chi connectivity index (χ1) is 6.46. The predicted molar refractivity (Wildman–Crippen MR) is 54.7 cm³/mol. The van der Waals surface area contributed by atoms with E-state index in [1.165, 1.54) is 5.57 Å². The Morgan fingerprint density at radius 2 is 2.14 bits per heavy atom. The van der Waals surface area contributed by atoms with Crippen LogP contribution in [-0.4, -0.2) is 11.6 Å². The van der Waals surface area contributed by atoms with Gasteiger partial charge in [-0.05, 0) is 31.8 Å². The number of carbonyl (C=O) groups excluding carboxylic acids is 1. The van der Waals surface area contributed by atoms with Crippen LogP contribution in [0.2, 0.25) is 0 Å². The van der Waals surface area contributed by atoms with E-state index in [1.54, 1.807) is 0 Å². The van der Waals surface area contributed by atoms with Gasteiger partial charge in [-0.15, -0.1) is 0 Å². The van der Waals surface area contributed by atoms with Gasteiger partial charge >= 0.3 is 5.97 Å². The van der Waals surface area contributed by atoms with Crippen molar-refractivity contribution in [3.63, 3.8) is 0 Å². The first-order valence-electron chi connectivity index (χ1n) is 5.05. The lowest BCUT2D eigenvalue weighted by Gasteiger charge is -2.23. The fraction of sp³-hybridized carbons (Fsp3) is 0.583. The molecule has 0 aromatic carbocycles. The molecule has 0 bridgehead atoms. The zero-order valence-corrected chi connectivity index (χ0v) is 9.02. The zero-order chi connectivity index (χ0) is 10.5. The number of rotatable bonds is 0. The van der Waals surface area contributed by atoms with Crippen LogP contribution in [0.25, 0.3) is 0 Å². The molecule has 2 heteroatoms. The van der Waals surface area contributed by atoms with Crippen molar-refractivity contribution in [3.05, 3.63) is 23.3 Å². The van der Waals surface area contributed by atoms with E-state index in [-0.39, 0.29) is 11.6 Å². The van der Waals surface area contributed by atoms with Gasteiger partial charge in [-0.1, -0.05) is 19.1 Å². The van der Waals surface area contributed by atoms with Gasteiger partial charge in [0.15, 0.2) is 0 Å². The molecular formula is C12H16O2. The van der Waals surface area contributed by atoms with Crippen LogP contribution in [0.5, 0.6) is 0 Å². The Labute approximate surface area is 84.6 Å². The van der Waals surface area contributed by atoms with E-state index in [9.17, 15) is 4.79 Å². The number of hydrogen-bond donors (Lipinski definition) is 0. The van der Waals surface area contributed by atoms with Gasteiger partial charge in [-0.2, -0.15) is 0 Å². The van der Waals surface area contributed by atoms with Gasteiger partial charge in [-0.3, -0.25) is 0 Å².